The summed E-state index contributed by atoms with van der Waals surface area (Å²) in [4.78, 5) is 12.2. The minimum atomic E-state index is -0.244. The molecule has 1 atom stereocenters. The van der Waals surface area contributed by atoms with Gasteiger partial charge in [0, 0.05) is 18.2 Å². The van der Waals surface area contributed by atoms with Crippen molar-refractivity contribution in [1.82, 2.24) is 30.5 Å². The van der Waals surface area contributed by atoms with Gasteiger partial charge in [-0.1, -0.05) is 23.4 Å². The Labute approximate surface area is 133 Å². The van der Waals surface area contributed by atoms with E-state index in [1.165, 1.54) is 0 Å². The maximum Gasteiger partial charge on any atom is 0.273 e. The molecule has 7 heteroatoms. The molecule has 0 spiro atoms. The van der Waals surface area contributed by atoms with Crippen LogP contribution in [-0.4, -0.2) is 37.1 Å². The van der Waals surface area contributed by atoms with Gasteiger partial charge in [-0.2, -0.15) is 5.10 Å². The number of nitrogens with zero attached hydrogens (tertiary/aromatic N) is 4. The number of amides is 1. The maximum absolute atomic E-state index is 12.2. The minimum Gasteiger partial charge on any atom is -0.348 e. The van der Waals surface area contributed by atoms with Crippen molar-refractivity contribution in [1.29, 1.82) is 0 Å². The lowest BCUT2D eigenvalue weighted by atomic mass is 10.1. The number of aromatic amines is 1. The fourth-order valence-corrected chi connectivity index (χ4v) is 2.32. The molecule has 0 bridgehead atoms. The molecule has 0 aliphatic rings. The molecule has 1 aromatic carbocycles. The second kappa shape index (κ2) is 6.43. The van der Waals surface area contributed by atoms with Gasteiger partial charge in [0.15, 0.2) is 5.69 Å². The Hall–Kier alpha value is -2.96. The molecule has 7 nitrogen and oxygen atoms in total. The number of hydrogen-bond donors (Lipinski definition) is 2. The predicted octanol–water partition coefficient (Wildman–Crippen LogP) is 1.66. The minimum absolute atomic E-state index is 0.0490. The highest BCUT2D eigenvalue weighted by atomic mass is 16.2. The fraction of sp³-hybridized carbons (Fsp3) is 0.250. The van der Waals surface area contributed by atoms with Crippen molar-refractivity contribution in [3.63, 3.8) is 0 Å². The van der Waals surface area contributed by atoms with E-state index >= 15 is 0 Å². The van der Waals surface area contributed by atoms with E-state index in [2.05, 4.69) is 25.8 Å². The fourth-order valence-electron chi connectivity index (χ4n) is 2.32. The van der Waals surface area contributed by atoms with Crippen LogP contribution < -0.4 is 5.32 Å². The van der Waals surface area contributed by atoms with Gasteiger partial charge in [-0.3, -0.25) is 9.89 Å². The second-order valence-corrected chi connectivity index (χ2v) is 5.50. The van der Waals surface area contributed by atoms with Crippen LogP contribution in [0.15, 0.2) is 42.6 Å². The summed E-state index contributed by atoms with van der Waals surface area (Å²) in [6.45, 7) is 3.88. The first-order valence-corrected chi connectivity index (χ1v) is 7.41. The molecule has 2 heterocycles. The third-order valence-electron chi connectivity index (χ3n) is 3.40. The third-order valence-corrected chi connectivity index (χ3v) is 3.40. The molecule has 3 rings (SSSR count). The molecule has 23 heavy (non-hydrogen) atoms. The zero-order valence-corrected chi connectivity index (χ0v) is 13.0. The highest BCUT2D eigenvalue weighted by Gasteiger charge is 2.15. The van der Waals surface area contributed by atoms with Crippen molar-refractivity contribution in [3.8, 4) is 5.69 Å². The van der Waals surface area contributed by atoms with Crippen molar-refractivity contribution in [3.05, 3.63) is 59.7 Å². The molecule has 0 radical (unpaired) electrons. The summed E-state index contributed by atoms with van der Waals surface area (Å²) < 4.78 is 1.58. The largest absolute Gasteiger partial charge is 0.348 e. The maximum atomic E-state index is 12.2. The second-order valence-electron chi connectivity index (χ2n) is 5.50. The molecule has 1 amide bonds. The van der Waals surface area contributed by atoms with Gasteiger partial charge in [-0.15, -0.1) is 5.10 Å². The lowest BCUT2D eigenvalue weighted by Gasteiger charge is -2.10. The molecule has 0 saturated heterocycles. The van der Waals surface area contributed by atoms with Gasteiger partial charge in [0.25, 0.3) is 5.91 Å². The van der Waals surface area contributed by atoms with E-state index in [-0.39, 0.29) is 11.9 Å². The number of hydrogen-bond acceptors (Lipinski definition) is 4. The van der Waals surface area contributed by atoms with E-state index < -0.39 is 0 Å². The van der Waals surface area contributed by atoms with Crippen molar-refractivity contribution >= 4 is 5.91 Å². The summed E-state index contributed by atoms with van der Waals surface area (Å²) in [6.07, 6.45) is 2.28. The van der Waals surface area contributed by atoms with Crippen LogP contribution in [0.3, 0.4) is 0 Å². The van der Waals surface area contributed by atoms with Gasteiger partial charge >= 0.3 is 0 Å². The highest BCUT2D eigenvalue weighted by Crippen LogP contribution is 2.06. The lowest BCUT2D eigenvalue weighted by Crippen LogP contribution is -2.34. The summed E-state index contributed by atoms with van der Waals surface area (Å²) in [5, 5.41) is 17.9. The number of carbonyl (C=O) groups excluding carboxylic acids is 1. The summed E-state index contributed by atoms with van der Waals surface area (Å²) in [5.74, 6) is -0.244. The number of rotatable bonds is 5. The summed E-state index contributed by atoms with van der Waals surface area (Å²) >= 11 is 0. The topological polar surface area (TPSA) is 88.5 Å². The Morgan fingerprint density at radius 1 is 1.35 bits per heavy atom. The number of para-hydroxylation sites is 1. The lowest BCUT2D eigenvalue weighted by molar-refractivity contribution is 0.0935. The molecule has 0 saturated carbocycles. The van der Waals surface area contributed by atoms with Crippen molar-refractivity contribution in [2.75, 3.05) is 0 Å². The van der Waals surface area contributed by atoms with Gasteiger partial charge in [0.2, 0.25) is 0 Å². The van der Waals surface area contributed by atoms with E-state index in [1.54, 1.807) is 10.9 Å². The number of aromatic nitrogens is 5. The quantitative estimate of drug-likeness (QED) is 0.750. The smallest absolute Gasteiger partial charge is 0.273 e. The van der Waals surface area contributed by atoms with E-state index in [1.807, 2.05) is 50.2 Å². The predicted molar refractivity (Wildman–Crippen MR) is 85.3 cm³/mol. The zero-order chi connectivity index (χ0) is 16.2. The number of nitrogens with one attached hydrogen (secondary N) is 2. The molecule has 3 aromatic rings. The summed E-state index contributed by atoms with van der Waals surface area (Å²) in [5.41, 5.74) is 3.07. The summed E-state index contributed by atoms with van der Waals surface area (Å²) in [6, 6.07) is 11.5. The Morgan fingerprint density at radius 3 is 2.83 bits per heavy atom. The van der Waals surface area contributed by atoms with Crippen LogP contribution in [0, 0.1) is 6.92 Å². The molecule has 2 N–H and O–H groups in total. The Morgan fingerprint density at radius 2 is 2.13 bits per heavy atom. The van der Waals surface area contributed by atoms with Crippen molar-refractivity contribution in [2.24, 2.45) is 0 Å². The molecule has 2 aromatic heterocycles. The third kappa shape index (κ3) is 3.63. The van der Waals surface area contributed by atoms with Crippen molar-refractivity contribution < 1.29 is 4.79 Å². The standard InChI is InChI=1S/C16H18N6O/c1-11(8-13-9-12(2)18-19-13)17-16(23)15-10-22(21-20-15)14-6-4-3-5-7-14/h3-7,9-11H,8H2,1-2H3,(H,17,23)(H,18,19)/t11-/m0/s1. The van der Waals surface area contributed by atoms with Gasteiger partial charge in [0.05, 0.1) is 17.6 Å². The molecule has 118 valence electrons. The molecule has 0 unspecified atom stereocenters. The van der Waals surface area contributed by atoms with Gasteiger partial charge in [0.1, 0.15) is 0 Å². The van der Waals surface area contributed by atoms with Crippen LogP contribution in [0.1, 0.15) is 28.8 Å². The van der Waals surface area contributed by atoms with E-state index in [9.17, 15) is 4.79 Å². The van der Waals surface area contributed by atoms with Crippen LogP contribution in [0.25, 0.3) is 5.69 Å². The first-order chi connectivity index (χ1) is 11.1. The number of H-pyrrole nitrogens is 1. The normalized spacial score (nSPS) is 12.1. The van der Waals surface area contributed by atoms with Crippen LogP contribution in [0.5, 0.6) is 0 Å². The van der Waals surface area contributed by atoms with Gasteiger partial charge in [-0.25, -0.2) is 4.68 Å². The van der Waals surface area contributed by atoms with Crippen molar-refractivity contribution in [2.45, 2.75) is 26.3 Å². The molecule has 0 aliphatic carbocycles. The molecule has 0 fully saturated rings. The Balaban J connectivity index is 1.63. The van der Waals surface area contributed by atoms with Gasteiger partial charge in [-0.05, 0) is 32.0 Å². The molecule has 0 aliphatic heterocycles. The molecular weight excluding hydrogens is 292 g/mol. The zero-order valence-electron chi connectivity index (χ0n) is 13.0. The van der Waals surface area contributed by atoms with Crippen LogP contribution in [0.4, 0.5) is 0 Å². The number of carbonyl (C=O) groups is 1. The summed E-state index contributed by atoms with van der Waals surface area (Å²) in [7, 11) is 0. The van der Waals surface area contributed by atoms with E-state index in [0.717, 1.165) is 17.1 Å². The van der Waals surface area contributed by atoms with Crippen LogP contribution in [0.2, 0.25) is 0 Å². The number of aryl methyl sites for hydroxylation is 1. The Bertz CT molecular complexity index is 792. The monoisotopic (exact) mass is 310 g/mol. The van der Waals surface area contributed by atoms with E-state index in [0.29, 0.717) is 12.1 Å². The molecular formula is C16H18N6O. The number of benzene rings is 1. The van der Waals surface area contributed by atoms with E-state index in [4.69, 9.17) is 0 Å². The first kappa shape index (κ1) is 15.0. The van der Waals surface area contributed by atoms with Crippen LogP contribution >= 0.6 is 0 Å². The Kier molecular flexibility index (Phi) is 4.18. The average molecular weight is 310 g/mol. The SMILES string of the molecule is Cc1cc(C[C@H](C)NC(=O)c2cn(-c3ccccc3)nn2)n[nH]1. The average Bonchev–Trinajstić information content (AvgIpc) is 3.17. The first-order valence-electron chi connectivity index (χ1n) is 7.41. The van der Waals surface area contributed by atoms with Crippen LogP contribution in [-0.2, 0) is 6.42 Å². The highest BCUT2D eigenvalue weighted by molar-refractivity contribution is 5.92. The van der Waals surface area contributed by atoms with Gasteiger partial charge < -0.3 is 5.32 Å².